The second kappa shape index (κ2) is 16.5. The number of amides is 3. The number of fused-ring (bicyclic) bond motifs is 1. The summed E-state index contributed by atoms with van der Waals surface area (Å²) in [5.74, 6) is -2.25. The molecule has 14 heteroatoms. The van der Waals surface area contributed by atoms with Crippen LogP contribution in [0.1, 0.15) is 36.9 Å². The van der Waals surface area contributed by atoms with E-state index in [1.54, 1.807) is 18.0 Å². The van der Waals surface area contributed by atoms with Gasteiger partial charge in [0, 0.05) is 41.8 Å². The molecule has 3 amide bonds. The lowest BCUT2D eigenvalue weighted by Gasteiger charge is -2.25. The number of aromatic amines is 2. The Kier molecular flexibility index (Phi) is 12.8. The number of nitrogens with one attached hydrogen (secondary N) is 5. The number of para-hydroxylation sites is 1. The van der Waals surface area contributed by atoms with Gasteiger partial charge in [0.15, 0.2) is 0 Å². The van der Waals surface area contributed by atoms with Crippen LogP contribution in [0.4, 0.5) is 0 Å². The largest absolute Gasteiger partial charge is 0.480 e. The van der Waals surface area contributed by atoms with Crippen molar-refractivity contribution in [1.82, 2.24) is 30.9 Å². The molecule has 2 heterocycles. The Balaban J connectivity index is 1.83. The highest BCUT2D eigenvalue weighted by molar-refractivity contribution is 7.98. The van der Waals surface area contributed by atoms with Gasteiger partial charge in [-0.1, -0.05) is 18.2 Å². The van der Waals surface area contributed by atoms with E-state index >= 15 is 0 Å². The molecule has 0 spiro atoms. The Morgan fingerprint density at radius 1 is 0.952 bits per heavy atom. The number of nitrogens with two attached hydrogens (primary N) is 2. The van der Waals surface area contributed by atoms with Gasteiger partial charge in [-0.05, 0) is 55.9 Å². The summed E-state index contributed by atoms with van der Waals surface area (Å²) >= 11 is 1.56. The number of hydrogen-bond acceptors (Lipinski definition) is 8. The maximum absolute atomic E-state index is 13.6. The number of aromatic nitrogens is 3. The van der Waals surface area contributed by atoms with Crippen molar-refractivity contribution in [3.8, 4) is 0 Å². The average Bonchev–Trinajstić information content (AvgIpc) is 3.64. The third-order valence-electron chi connectivity index (χ3n) is 6.88. The zero-order valence-corrected chi connectivity index (χ0v) is 24.4. The number of carboxylic acids is 1. The van der Waals surface area contributed by atoms with Crippen LogP contribution in [0.25, 0.3) is 10.9 Å². The first kappa shape index (κ1) is 32.6. The molecule has 3 rings (SSSR count). The Bertz CT molecular complexity index is 1310. The molecule has 0 bridgehead atoms. The average molecular weight is 601 g/mol. The highest BCUT2D eigenvalue weighted by Gasteiger charge is 2.31. The number of nitrogens with zero attached hydrogens (tertiary/aromatic N) is 1. The molecular weight excluding hydrogens is 560 g/mol. The number of aliphatic carboxylic acids is 1. The molecule has 0 saturated carbocycles. The molecule has 3 aromatic rings. The smallest absolute Gasteiger partial charge is 0.326 e. The van der Waals surface area contributed by atoms with Crippen LogP contribution >= 0.6 is 11.8 Å². The normalized spacial score (nSPS) is 14.1. The number of hydrogen-bond donors (Lipinski definition) is 8. The number of unbranched alkanes of at least 4 members (excludes halogenated alkanes) is 1. The van der Waals surface area contributed by atoms with Gasteiger partial charge in [-0.3, -0.25) is 14.4 Å². The quantitative estimate of drug-likeness (QED) is 0.0947. The molecule has 10 N–H and O–H groups in total. The van der Waals surface area contributed by atoms with Gasteiger partial charge in [0.2, 0.25) is 17.7 Å². The molecule has 0 fully saturated rings. The van der Waals surface area contributed by atoms with Crippen molar-refractivity contribution < 1.29 is 24.3 Å². The molecule has 13 nitrogen and oxygen atoms in total. The maximum atomic E-state index is 13.6. The zero-order valence-electron chi connectivity index (χ0n) is 23.6. The van der Waals surface area contributed by atoms with E-state index in [1.165, 1.54) is 12.5 Å². The number of imidazole rings is 1. The topological polar surface area (TPSA) is 221 Å². The number of carbonyl (C=O) groups excluding carboxylic acids is 3. The van der Waals surface area contributed by atoms with Crippen molar-refractivity contribution in [3.63, 3.8) is 0 Å². The summed E-state index contributed by atoms with van der Waals surface area (Å²) in [5.41, 5.74) is 13.8. The minimum Gasteiger partial charge on any atom is -0.480 e. The number of carbonyl (C=O) groups is 4. The first-order valence-electron chi connectivity index (χ1n) is 13.8. The Morgan fingerprint density at radius 3 is 2.36 bits per heavy atom. The molecule has 0 saturated heterocycles. The fraction of sp³-hybridized carbons (Fsp3) is 0.464. The molecule has 0 radical (unpaired) electrons. The van der Waals surface area contributed by atoms with Crippen LogP contribution in [0, 0.1) is 0 Å². The van der Waals surface area contributed by atoms with E-state index in [0.717, 1.165) is 16.5 Å². The van der Waals surface area contributed by atoms with E-state index in [-0.39, 0.29) is 12.8 Å². The summed E-state index contributed by atoms with van der Waals surface area (Å²) in [7, 11) is 0. The molecule has 0 aliphatic heterocycles. The van der Waals surface area contributed by atoms with Crippen molar-refractivity contribution >= 4 is 46.4 Å². The summed E-state index contributed by atoms with van der Waals surface area (Å²) in [6.45, 7) is 0.425. The number of thioether (sulfide) groups is 1. The molecule has 1 aromatic carbocycles. The summed E-state index contributed by atoms with van der Waals surface area (Å²) in [6.07, 6.45) is 8.57. The van der Waals surface area contributed by atoms with Crippen molar-refractivity contribution in [2.75, 3.05) is 18.6 Å². The van der Waals surface area contributed by atoms with Crippen LogP contribution in [-0.2, 0) is 32.0 Å². The lowest BCUT2D eigenvalue weighted by atomic mass is 10.0. The van der Waals surface area contributed by atoms with Gasteiger partial charge in [-0.2, -0.15) is 11.8 Å². The van der Waals surface area contributed by atoms with Crippen molar-refractivity contribution in [3.05, 3.63) is 54.2 Å². The Labute approximate surface area is 248 Å². The fourth-order valence-electron chi connectivity index (χ4n) is 4.51. The van der Waals surface area contributed by atoms with E-state index in [9.17, 15) is 24.3 Å². The van der Waals surface area contributed by atoms with Crippen LogP contribution in [0.3, 0.4) is 0 Å². The van der Waals surface area contributed by atoms with Crippen molar-refractivity contribution in [2.45, 2.75) is 62.7 Å². The molecule has 42 heavy (non-hydrogen) atoms. The number of H-pyrrole nitrogens is 2. The fourth-order valence-corrected chi connectivity index (χ4v) is 5.00. The predicted octanol–water partition coefficient (Wildman–Crippen LogP) is 0.425. The highest BCUT2D eigenvalue weighted by atomic mass is 32.2. The summed E-state index contributed by atoms with van der Waals surface area (Å²) < 4.78 is 0. The monoisotopic (exact) mass is 600 g/mol. The third-order valence-corrected chi connectivity index (χ3v) is 7.52. The van der Waals surface area contributed by atoms with Crippen molar-refractivity contribution in [1.29, 1.82) is 0 Å². The minimum absolute atomic E-state index is 0.0273. The van der Waals surface area contributed by atoms with Crippen molar-refractivity contribution in [2.24, 2.45) is 11.5 Å². The van der Waals surface area contributed by atoms with E-state index in [1.807, 2.05) is 30.5 Å². The SMILES string of the molecule is CSCCC(N)C(=O)NC(CCCCN)C(=O)NC(Cc1c[nH]c2ccccc12)C(=O)NC(Cc1cnc[nH]1)C(=O)O. The van der Waals surface area contributed by atoms with Gasteiger partial charge < -0.3 is 42.5 Å². The molecule has 228 valence electrons. The van der Waals surface area contributed by atoms with E-state index < -0.39 is 47.9 Å². The standard InChI is InChI=1S/C28H40N8O5S/c1-42-11-9-20(30)25(37)34-22(8-4-5-10-29)26(38)35-23(12-17-14-32-21-7-3-2-6-19(17)21)27(39)36-24(28(40)41)13-18-15-31-16-33-18/h2-3,6-7,14-16,20,22-24,32H,4-5,8-13,29-30H2,1H3,(H,31,33)(H,34,37)(H,35,38)(H,36,39)(H,40,41). The number of benzene rings is 1. The Morgan fingerprint density at radius 2 is 1.67 bits per heavy atom. The van der Waals surface area contributed by atoms with Crippen LogP contribution in [-0.4, -0.2) is 86.5 Å². The van der Waals surface area contributed by atoms with E-state index in [0.29, 0.717) is 43.7 Å². The third kappa shape index (κ3) is 9.60. The lowest BCUT2D eigenvalue weighted by Crippen LogP contribution is -2.57. The lowest BCUT2D eigenvalue weighted by molar-refractivity contribution is -0.142. The maximum Gasteiger partial charge on any atom is 0.326 e. The molecule has 2 aromatic heterocycles. The summed E-state index contributed by atoms with van der Waals surface area (Å²) in [5, 5.41) is 18.7. The zero-order chi connectivity index (χ0) is 30.5. The van der Waals surface area contributed by atoms with Gasteiger partial charge in [0.25, 0.3) is 0 Å². The van der Waals surface area contributed by atoms with Gasteiger partial charge in [-0.15, -0.1) is 0 Å². The predicted molar refractivity (Wildman–Crippen MR) is 162 cm³/mol. The molecule has 0 aliphatic rings. The second-order valence-electron chi connectivity index (χ2n) is 10.0. The second-order valence-corrected chi connectivity index (χ2v) is 11.0. The van der Waals surface area contributed by atoms with Gasteiger partial charge in [-0.25, -0.2) is 9.78 Å². The molecule has 4 unspecified atom stereocenters. The number of rotatable bonds is 18. The van der Waals surface area contributed by atoms with E-state index in [2.05, 4.69) is 30.9 Å². The summed E-state index contributed by atoms with van der Waals surface area (Å²) in [6, 6.07) is 3.37. The van der Waals surface area contributed by atoms with Gasteiger partial charge >= 0.3 is 5.97 Å². The van der Waals surface area contributed by atoms with E-state index in [4.69, 9.17) is 11.5 Å². The minimum atomic E-state index is -1.27. The first-order chi connectivity index (χ1) is 20.2. The Hall–Kier alpha value is -3.88. The highest BCUT2D eigenvalue weighted by Crippen LogP contribution is 2.19. The molecule has 4 atom stereocenters. The summed E-state index contributed by atoms with van der Waals surface area (Å²) in [4.78, 5) is 61.8. The number of carboxylic acid groups (broad SMARTS) is 1. The molecule has 0 aliphatic carbocycles. The van der Waals surface area contributed by atoms with Gasteiger partial charge in [0.1, 0.15) is 18.1 Å². The van der Waals surface area contributed by atoms with Crippen LogP contribution in [0.2, 0.25) is 0 Å². The van der Waals surface area contributed by atoms with Crippen LogP contribution in [0.5, 0.6) is 0 Å². The van der Waals surface area contributed by atoms with Crippen LogP contribution < -0.4 is 27.4 Å². The first-order valence-corrected chi connectivity index (χ1v) is 15.2. The van der Waals surface area contributed by atoms with Crippen LogP contribution in [0.15, 0.2) is 43.0 Å². The molecular formula is C28H40N8O5S. The van der Waals surface area contributed by atoms with Gasteiger partial charge in [0.05, 0.1) is 12.4 Å².